The highest BCUT2D eigenvalue weighted by Crippen LogP contribution is 2.49. The number of aliphatic hydroxyl groups is 2. The number of carbonyl (C=O) groups is 1. The van der Waals surface area contributed by atoms with E-state index in [2.05, 4.69) is 19.8 Å². The first-order valence-corrected chi connectivity index (χ1v) is 13.5. The van der Waals surface area contributed by atoms with Crippen molar-refractivity contribution in [3.05, 3.63) is 50.9 Å². The number of aromatic amines is 1. The largest absolute Gasteiger partial charge is 0.468 e. The van der Waals surface area contributed by atoms with E-state index in [9.17, 15) is 24.4 Å². The molecule has 15 heteroatoms. The van der Waals surface area contributed by atoms with Gasteiger partial charge in [0, 0.05) is 5.38 Å². The molecule has 0 saturated carbocycles. The zero-order valence-electron chi connectivity index (χ0n) is 20.1. The Labute approximate surface area is 215 Å². The monoisotopic (exact) mass is 554 g/mol. The van der Waals surface area contributed by atoms with Gasteiger partial charge in [0.1, 0.15) is 35.7 Å². The predicted molar refractivity (Wildman–Crippen MR) is 134 cm³/mol. The van der Waals surface area contributed by atoms with Crippen LogP contribution in [0.3, 0.4) is 0 Å². The second-order valence-corrected chi connectivity index (χ2v) is 11.2. The molecule has 3 heterocycles. The molecule has 13 nitrogen and oxygen atoms in total. The number of ether oxygens (including phenoxy) is 2. The van der Waals surface area contributed by atoms with Gasteiger partial charge in [-0.15, -0.1) is 11.3 Å². The molecule has 6 N–H and O–H groups in total. The zero-order chi connectivity index (χ0) is 27.0. The lowest BCUT2D eigenvalue weighted by atomic mass is 9.92. The number of hydrogen-bond acceptors (Lipinski definition) is 12. The average molecular weight is 555 g/mol. The number of H-pyrrole nitrogens is 1. The van der Waals surface area contributed by atoms with Gasteiger partial charge in [-0.1, -0.05) is 18.2 Å². The highest BCUT2D eigenvalue weighted by Gasteiger charge is 2.54. The van der Waals surface area contributed by atoms with Crippen LogP contribution in [0.1, 0.15) is 24.8 Å². The third kappa shape index (κ3) is 5.55. The van der Waals surface area contributed by atoms with E-state index in [0.717, 1.165) is 11.3 Å². The molecule has 2 aromatic heterocycles. The molecule has 4 rings (SSSR count). The minimum Gasteiger partial charge on any atom is -0.468 e. The Morgan fingerprint density at radius 2 is 2.11 bits per heavy atom. The van der Waals surface area contributed by atoms with Crippen LogP contribution in [-0.4, -0.2) is 63.7 Å². The number of nitrogen functional groups attached to an aromatic ring is 1. The molecule has 0 spiro atoms. The third-order valence-corrected chi connectivity index (χ3v) is 8.48. The molecule has 3 aromatic rings. The van der Waals surface area contributed by atoms with E-state index in [1.165, 1.54) is 21.0 Å². The highest BCUT2D eigenvalue weighted by atomic mass is 32.1. The number of nitrogens with two attached hydrogens (primary N) is 1. The number of fused-ring (bicyclic) bond motifs is 1. The van der Waals surface area contributed by atoms with Gasteiger partial charge in [0.25, 0.3) is 5.56 Å². The summed E-state index contributed by atoms with van der Waals surface area (Å²) in [5, 5.41) is 26.3. The average Bonchev–Trinajstić information content (AvgIpc) is 3.36. The second kappa shape index (κ2) is 10.5. The SMILES string of the molecule is COC(=O)[C@H](C)NP(=O)(OC[C@H]1O[C@@H](c2scc3c(=O)[nH]c(N)nc23)[C@](C)(O)[C@@H]1O)Oc1ccccc1. The smallest absolute Gasteiger partial charge is 0.459 e. The van der Waals surface area contributed by atoms with Gasteiger partial charge in [0.15, 0.2) is 0 Å². The van der Waals surface area contributed by atoms with Gasteiger partial charge in [-0.2, -0.15) is 5.09 Å². The first-order chi connectivity index (χ1) is 17.4. The number of nitrogens with one attached hydrogen (secondary N) is 2. The molecular weight excluding hydrogens is 527 g/mol. The van der Waals surface area contributed by atoms with Gasteiger partial charge in [0.2, 0.25) is 5.95 Å². The summed E-state index contributed by atoms with van der Waals surface area (Å²) in [7, 11) is -3.03. The minimum absolute atomic E-state index is 0.111. The molecule has 6 atom stereocenters. The number of carbonyl (C=O) groups excluding carboxylic acids is 1. The van der Waals surface area contributed by atoms with E-state index in [1.807, 2.05) is 0 Å². The van der Waals surface area contributed by atoms with Crippen LogP contribution < -0.4 is 20.9 Å². The number of benzene rings is 1. The van der Waals surface area contributed by atoms with Crippen LogP contribution in [0.25, 0.3) is 10.9 Å². The Morgan fingerprint density at radius 1 is 1.41 bits per heavy atom. The number of nitrogens with zero attached hydrogens (tertiary/aromatic N) is 1. The summed E-state index contributed by atoms with van der Waals surface area (Å²) in [5.74, 6) is -0.612. The fraction of sp³-hybridized carbons (Fsp3) is 0.409. The fourth-order valence-electron chi connectivity index (χ4n) is 3.89. The van der Waals surface area contributed by atoms with E-state index < -0.39 is 55.8 Å². The van der Waals surface area contributed by atoms with Gasteiger partial charge in [-0.05, 0) is 26.0 Å². The van der Waals surface area contributed by atoms with Gasteiger partial charge >= 0.3 is 13.7 Å². The van der Waals surface area contributed by atoms with Crippen molar-refractivity contribution in [3.8, 4) is 5.75 Å². The molecule has 0 radical (unpaired) electrons. The van der Waals surface area contributed by atoms with Gasteiger partial charge in [-0.3, -0.25) is 19.1 Å². The maximum atomic E-state index is 13.6. The first-order valence-electron chi connectivity index (χ1n) is 11.1. The molecule has 1 aliphatic heterocycles. The Kier molecular flexibility index (Phi) is 7.72. The number of anilines is 1. The summed E-state index contributed by atoms with van der Waals surface area (Å²) in [6, 6.07) is 7.09. The molecule has 0 aliphatic carbocycles. The van der Waals surface area contributed by atoms with Crippen molar-refractivity contribution in [3.63, 3.8) is 0 Å². The number of methoxy groups -OCH3 is 1. The number of aliphatic hydroxyl groups excluding tert-OH is 1. The molecule has 1 aliphatic rings. The number of rotatable bonds is 9. The van der Waals surface area contributed by atoms with Crippen LogP contribution in [0.5, 0.6) is 5.75 Å². The lowest BCUT2D eigenvalue weighted by molar-refractivity contribution is -0.142. The molecule has 200 valence electrons. The van der Waals surface area contributed by atoms with Crippen molar-refractivity contribution in [2.45, 2.75) is 43.8 Å². The maximum Gasteiger partial charge on any atom is 0.459 e. The predicted octanol–water partition coefficient (Wildman–Crippen LogP) is 1.47. The van der Waals surface area contributed by atoms with E-state index in [1.54, 1.807) is 35.7 Å². The standard InChI is InChI=1S/C22H27N4O9PS/c1-11(20(29)32-3)26-36(31,35-12-7-5-4-6-8-12)33-9-14-17(27)22(2,30)18(34-14)16-15-13(10-37-16)19(28)25-21(23)24-15/h4-8,10-11,14,17-18,27,30H,9H2,1-3H3,(H,26,31)(H3,23,24,25,28)/t11-,14+,17+,18-,22+,36?/m0/s1. The van der Waals surface area contributed by atoms with Crippen molar-refractivity contribution in [2.75, 3.05) is 19.5 Å². The Hall–Kier alpha value is -2.84. The van der Waals surface area contributed by atoms with Crippen molar-refractivity contribution in [2.24, 2.45) is 0 Å². The summed E-state index contributed by atoms with van der Waals surface area (Å²) >= 11 is 1.11. The van der Waals surface area contributed by atoms with Gasteiger partial charge in [0.05, 0.1) is 29.5 Å². The van der Waals surface area contributed by atoms with Crippen LogP contribution in [0, 0.1) is 0 Å². The lowest BCUT2D eigenvalue weighted by Gasteiger charge is -2.26. The molecule has 1 fully saturated rings. The van der Waals surface area contributed by atoms with Crippen LogP contribution in [-0.2, 0) is 23.4 Å². The summed E-state index contributed by atoms with van der Waals surface area (Å²) in [6.07, 6.45) is -3.76. The number of hydrogen-bond donors (Lipinski definition) is 5. The minimum atomic E-state index is -4.21. The third-order valence-electron chi connectivity index (χ3n) is 5.83. The van der Waals surface area contributed by atoms with E-state index in [-0.39, 0.29) is 22.6 Å². The van der Waals surface area contributed by atoms with Crippen LogP contribution in [0.15, 0.2) is 40.5 Å². The maximum absolute atomic E-state index is 13.6. The number of aromatic nitrogens is 2. The Morgan fingerprint density at radius 3 is 2.78 bits per heavy atom. The molecule has 0 amide bonds. The summed E-state index contributed by atoms with van der Waals surface area (Å²) < 4.78 is 35.3. The fourth-order valence-corrected chi connectivity index (χ4v) is 6.54. The van der Waals surface area contributed by atoms with E-state index in [4.69, 9.17) is 19.5 Å². The van der Waals surface area contributed by atoms with Gasteiger partial charge < -0.3 is 29.9 Å². The van der Waals surface area contributed by atoms with Crippen LogP contribution in [0.4, 0.5) is 5.95 Å². The Bertz CT molecular complexity index is 1380. The van der Waals surface area contributed by atoms with Crippen molar-refractivity contribution in [1.29, 1.82) is 0 Å². The first kappa shape index (κ1) is 27.2. The molecule has 37 heavy (non-hydrogen) atoms. The topological polar surface area (TPSA) is 195 Å². The number of esters is 1. The van der Waals surface area contributed by atoms with Crippen molar-refractivity contribution >= 4 is 41.9 Å². The number of thiophene rings is 1. The molecule has 1 unspecified atom stereocenters. The second-order valence-electron chi connectivity index (χ2n) is 8.61. The quantitative estimate of drug-likeness (QED) is 0.189. The number of para-hydroxylation sites is 1. The van der Waals surface area contributed by atoms with Gasteiger partial charge in [-0.25, -0.2) is 9.55 Å². The molecule has 1 aromatic carbocycles. The van der Waals surface area contributed by atoms with Crippen LogP contribution in [0.2, 0.25) is 0 Å². The van der Waals surface area contributed by atoms with E-state index in [0.29, 0.717) is 4.88 Å². The molecular formula is C22H27N4O9PS. The highest BCUT2D eigenvalue weighted by molar-refractivity contribution is 7.52. The summed E-state index contributed by atoms with van der Waals surface area (Å²) in [5.41, 5.74) is 3.63. The summed E-state index contributed by atoms with van der Waals surface area (Å²) in [4.78, 5) is 31.1. The van der Waals surface area contributed by atoms with Crippen molar-refractivity contribution < 1.29 is 38.1 Å². The summed E-state index contributed by atoms with van der Waals surface area (Å²) in [6.45, 7) is 2.29. The molecule has 1 saturated heterocycles. The normalized spacial score (nSPS) is 26.0. The molecule has 0 bridgehead atoms. The van der Waals surface area contributed by atoms with Crippen molar-refractivity contribution in [1.82, 2.24) is 15.1 Å². The van der Waals surface area contributed by atoms with E-state index >= 15 is 0 Å². The van der Waals surface area contributed by atoms with Crippen LogP contribution >= 0.6 is 19.1 Å². The zero-order valence-corrected chi connectivity index (χ0v) is 21.8. The lowest BCUT2D eigenvalue weighted by Crippen LogP contribution is -2.43. The Balaban J connectivity index is 1.57.